The van der Waals surface area contributed by atoms with Gasteiger partial charge in [-0.25, -0.2) is 0 Å². The molecule has 1 amide bonds. The lowest BCUT2D eigenvalue weighted by atomic mass is 10.1. The van der Waals surface area contributed by atoms with Crippen molar-refractivity contribution in [1.82, 2.24) is 4.90 Å². The largest absolute Gasteiger partial charge is 0.339 e. The Morgan fingerprint density at radius 3 is 1.58 bits per heavy atom. The summed E-state index contributed by atoms with van der Waals surface area (Å²) in [5, 5.41) is 0. The molecule has 0 saturated heterocycles. The molecule has 0 aliphatic carbocycles. The summed E-state index contributed by atoms with van der Waals surface area (Å²) in [7, 11) is 0. The van der Waals surface area contributed by atoms with Gasteiger partial charge in [-0.2, -0.15) is 0 Å². The number of rotatable bonds is 10. The number of hydrogen-bond donors (Lipinski definition) is 0. The minimum atomic E-state index is -1.82. The number of alkyl halides is 3. The molecule has 0 aromatic heterocycles. The molecule has 0 radical (unpaired) electrons. The summed E-state index contributed by atoms with van der Waals surface area (Å²) in [5.41, 5.74) is 0. The van der Waals surface area contributed by atoms with E-state index in [4.69, 9.17) is 34.8 Å². The predicted molar refractivity (Wildman–Crippen MR) is 85.2 cm³/mol. The van der Waals surface area contributed by atoms with Crippen LogP contribution < -0.4 is 0 Å². The Labute approximate surface area is 132 Å². The van der Waals surface area contributed by atoms with E-state index in [0.717, 1.165) is 25.7 Å². The van der Waals surface area contributed by atoms with Gasteiger partial charge < -0.3 is 4.90 Å². The maximum absolute atomic E-state index is 12.0. The van der Waals surface area contributed by atoms with Gasteiger partial charge in [-0.05, 0) is 12.8 Å². The van der Waals surface area contributed by atoms with Crippen molar-refractivity contribution >= 4 is 40.7 Å². The first kappa shape index (κ1) is 19.3. The Bertz CT molecular complexity index is 229. The van der Waals surface area contributed by atoms with Crippen LogP contribution in [0.5, 0.6) is 0 Å². The van der Waals surface area contributed by atoms with E-state index in [1.807, 2.05) is 0 Å². The normalized spacial score (nSPS) is 11.6. The van der Waals surface area contributed by atoms with Crippen molar-refractivity contribution in [2.45, 2.75) is 69.0 Å². The van der Waals surface area contributed by atoms with Gasteiger partial charge >= 0.3 is 0 Å². The predicted octanol–water partition coefficient (Wildman–Crippen LogP) is 5.35. The number of carbonyl (C=O) groups is 1. The molecule has 0 fully saturated rings. The number of nitrogens with zero attached hydrogens (tertiary/aromatic N) is 1. The van der Waals surface area contributed by atoms with Crippen LogP contribution in [0.4, 0.5) is 0 Å². The molecule has 0 heterocycles. The van der Waals surface area contributed by atoms with Crippen LogP contribution in [-0.4, -0.2) is 27.7 Å². The van der Waals surface area contributed by atoms with Crippen LogP contribution in [0.15, 0.2) is 0 Å². The van der Waals surface area contributed by atoms with Crippen LogP contribution in [0.1, 0.15) is 65.2 Å². The smallest absolute Gasteiger partial charge is 0.274 e. The van der Waals surface area contributed by atoms with E-state index in [0.29, 0.717) is 13.1 Å². The molecule has 0 atom stereocenters. The summed E-state index contributed by atoms with van der Waals surface area (Å²) in [5.74, 6) is -0.384. The maximum Gasteiger partial charge on any atom is 0.274 e. The average molecular weight is 331 g/mol. The number of unbranched alkanes of at least 4 members (excludes halogenated alkanes) is 6. The molecule has 0 bridgehead atoms. The lowest BCUT2D eigenvalue weighted by molar-refractivity contribution is -0.130. The van der Waals surface area contributed by atoms with Gasteiger partial charge in [0.2, 0.25) is 0 Å². The molecular formula is C14H26Cl3NO. The molecule has 5 heteroatoms. The molecular weight excluding hydrogens is 305 g/mol. The van der Waals surface area contributed by atoms with Gasteiger partial charge in [0, 0.05) is 13.1 Å². The molecule has 0 saturated carbocycles. The number of hydrogen-bond acceptors (Lipinski definition) is 1. The molecule has 0 aliphatic heterocycles. The summed E-state index contributed by atoms with van der Waals surface area (Å²) in [6.45, 7) is 5.71. The fourth-order valence-electron chi connectivity index (χ4n) is 1.95. The standard InChI is InChI=1S/C14H26Cl3NO/c1-3-5-7-9-11-18(12-10-8-6-4-2)13(19)14(15,16)17/h3-12H2,1-2H3. The van der Waals surface area contributed by atoms with Crippen LogP contribution in [0, 0.1) is 0 Å². The Kier molecular flexibility index (Phi) is 11.2. The first-order valence-corrected chi connectivity index (χ1v) is 8.43. The van der Waals surface area contributed by atoms with E-state index in [-0.39, 0.29) is 5.91 Å². The van der Waals surface area contributed by atoms with E-state index < -0.39 is 3.79 Å². The highest BCUT2D eigenvalue weighted by Crippen LogP contribution is 2.29. The minimum absolute atomic E-state index is 0.384. The van der Waals surface area contributed by atoms with Crippen molar-refractivity contribution in [1.29, 1.82) is 0 Å². The van der Waals surface area contributed by atoms with E-state index in [2.05, 4.69) is 13.8 Å². The molecule has 19 heavy (non-hydrogen) atoms. The molecule has 2 nitrogen and oxygen atoms in total. The van der Waals surface area contributed by atoms with Crippen molar-refractivity contribution < 1.29 is 4.79 Å². The third-order valence-electron chi connectivity index (χ3n) is 3.09. The lowest BCUT2D eigenvalue weighted by Crippen LogP contribution is -2.40. The molecule has 0 spiro atoms. The number of amides is 1. The summed E-state index contributed by atoms with van der Waals surface area (Å²) in [6.07, 6.45) is 8.92. The Hall–Kier alpha value is 0.340. The molecule has 0 N–H and O–H groups in total. The van der Waals surface area contributed by atoms with Crippen LogP contribution >= 0.6 is 34.8 Å². The lowest BCUT2D eigenvalue weighted by Gasteiger charge is -2.26. The Morgan fingerprint density at radius 2 is 1.26 bits per heavy atom. The highest BCUT2D eigenvalue weighted by molar-refractivity contribution is 6.76. The van der Waals surface area contributed by atoms with Crippen molar-refractivity contribution in [3.05, 3.63) is 0 Å². The van der Waals surface area contributed by atoms with Crippen LogP contribution in [-0.2, 0) is 4.79 Å². The van der Waals surface area contributed by atoms with E-state index in [1.54, 1.807) is 4.90 Å². The monoisotopic (exact) mass is 329 g/mol. The minimum Gasteiger partial charge on any atom is -0.339 e. The Balaban J connectivity index is 4.18. The highest BCUT2D eigenvalue weighted by Gasteiger charge is 2.34. The first-order valence-electron chi connectivity index (χ1n) is 7.29. The van der Waals surface area contributed by atoms with Crippen LogP contribution in [0.25, 0.3) is 0 Å². The molecule has 114 valence electrons. The fourth-order valence-corrected chi connectivity index (χ4v) is 2.31. The second-order valence-electron chi connectivity index (χ2n) is 4.91. The molecule has 0 aromatic rings. The van der Waals surface area contributed by atoms with Gasteiger partial charge in [0.05, 0.1) is 0 Å². The van der Waals surface area contributed by atoms with Crippen LogP contribution in [0.2, 0.25) is 0 Å². The summed E-state index contributed by atoms with van der Waals surface area (Å²) in [4.78, 5) is 13.7. The van der Waals surface area contributed by atoms with Crippen molar-refractivity contribution in [3.63, 3.8) is 0 Å². The summed E-state index contributed by atoms with van der Waals surface area (Å²) >= 11 is 17.1. The van der Waals surface area contributed by atoms with Crippen molar-refractivity contribution in [2.24, 2.45) is 0 Å². The van der Waals surface area contributed by atoms with E-state index in [9.17, 15) is 4.79 Å². The molecule has 0 aliphatic rings. The van der Waals surface area contributed by atoms with Gasteiger partial charge in [0.25, 0.3) is 9.70 Å². The fraction of sp³-hybridized carbons (Fsp3) is 0.929. The second kappa shape index (κ2) is 11.0. The SMILES string of the molecule is CCCCCCN(CCCCCC)C(=O)C(Cl)(Cl)Cl. The van der Waals surface area contributed by atoms with Gasteiger partial charge in [-0.3, -0.25) is 4.79 Å². The Morgan fingerprint density at radius 1 is 0.842 bits per heavy atom. The van der Waals surface area contributed by atoms with Crippen molar-refractivity contribution in [3.8, 4) is 0 Å². The van der Waals surface area contributed by atoms with Gasteiger partial charge in [-0.15, -0.1) is 0 Å². The third kappa shape index (κ3) is 9.81. The second-order valence-corrected chi connectivity index (χ2v) is 7.19. The van der Waals surface area contributed by atoms with E-state index in [1.165, 1.54) is 25.7 Å². The third-order valence-corrected chi connectivity index (χ3v) is 3.58. The number of halogens is 3. The zero-order valence-corrected chi connectivity index (χ0v) is 14.3. The topological polar surface area (TPSA) is 20.3 Å². The molecule has 0 rings (SSSR count). The van der Waals surface area contributed by atoms with Gasteiger partial charge in [-0.1, -0.05) is 87.2 Å². The number of carbonyl (C=O) groups excluding carboxylic acids is 1. The first-order chi connectivity index (χ1) is 8.93. The summed E-state index contributed by atoms with van der Waals surface area (Å²) in [6, 6.07) is 0. The zero-order valence-electron chi connectivity index (χ0n) is 12.1. The van der Waals surface area contributed by atoms with Crippen LogP contribution in [0.3, 0.4) is 0 Å². The van der Waals surface area contributed by atoms with Gasteiger partial charge in [0.1, 0.15) is 0 Å². The molecule has 0 unspecified atom stereocenters. The zero-order chi connectivity index (χ0) is 14.7. The highest BCUT2D eigenvalue weighted by atomic mass is 35.6. The summed E-state index contributed by atoms with van der Waals surface area (Å²) < 4.78 is -1.82. The van der Waals surface area contributed by atoms with Crippen molar-refractivity contribution in [2.75, 3.05) is 13.1 Å². The average Bonchev–Trinajstić information content (AvgIpc) is 2.35. The molecule has 0 aromatic carbocycles. The van der Waals surface area contributed by atoms with Gasteiger partial charge in [0.15, 0.2) is 0 Å². The quantitative estimate of drug-likeness (QED) is 0.391. The maximum atomic E-state index is 12.0. The van der Waals surface area contributed by atoms with E-state index >= 15 is 0 Å².